The van der Waals surface area contributed by atoms with Gasteiger partial charge in [0.15, 0.2) is 0 Å². The van der Waals surface area contributed by atoms with Gasteiger partial charge in [0.05, 0.1) is 0 Å². The zero-order valence-corrected chi connectivity index (χ0v) is 17.0. The average molecular weight is 391 g/mol. The molecule has 1 aliphatic heterocycles. The lowest BCUT2D eigenvalue weighted by molar-refractivity contribution is 0.0787. The van der Waals surface area contributed by atoms with Crippen molar-refractivity contribution in [3.8, 4) is 5.75 Å². The Kier molecular flexibility index (Phi) is 5.08. The number of likely N-dealkylation sites (tertiary alicyclic amines) is 1. The molecule has 6 nitrogen and oxygen atoms in total. The number of benzene rings is 1. The fourth-order valence-electron chi connectivity index (χ4n) is 3.11. The summed E-state index contributed by atoms with van der Waals surface area (Å²) in [4.78, 5) is 16.8. The third-order valence-corrected chi connectivity index (χ3v) is 6.02. The molecule has 0 atom stereocenters. The maximum absolute atomic E-state index is 12.6. The van der Waals surface area contributed by atoms with E-state index in [2.05, 4.69) is 25.8 Å². The fraction of sp³-hybridized carbons (Fsp3) is 0.450. The van der Waals surface area contributed by atoms with Crippen LogP contribution in [0.3, 0.4) is 0 Å². The Hall–Kier alpha value is -2.28. The molecule has 1 aliphatic rings. The summed E-state index contributed by atoms with van der Waals surface area (Å²) in [7, 11) is -4.02. The van der Waals surface area contributed by atoms with E-state index in [4.69, 9.17) is 4.18 Å². The molecule has 1 fully saturated rings. The second-order valence-electron chi connectivity index (χ2n) is 8.02. The van der Waals surface area contributed by atoms with Gasteiger partial charge in [-0.05, 0) is 48.4 Å². The first-order valence-electron chi connectivity index (χ1n) is 9.11. The number of carbonyl (C=O) groups excluding carboxylic acids is 1. The normalized spacial score (nSPS) is 15.2. The molecular formula is C20H26N2O4S. The molecule has 1 amide bonds. The smallest absolute Gasteiger partial charge is 0.340 e. The van der Waals surface area contributed by atoms with Gasteiger partial charge in [-0.15, -0.1) is 0 Å². The summed E-state index contributed by atoms with van der Waals surface area (Å²) in [6.45, 7) is 9.51. The highest BCUT2D eigenvalue weighted by molar-refractivity contribution is 7.87. The molecule has 1 aromatic carbocycles. The van der Waals surface area contributed by atoms with Crippen molar-refractivity contribution in [3.63, 3.8) is 0 Å². The van der Waals surface area contributed by atoms with Crippen LogP contribution >= 0.6 is 0 Å². The molecule has 0 aliphatic carbocycles. The molecule has 1 aromatic heterocycles. The standard InChI is InChI=1S/C20H26N2O4S/c1-14-11-15(20(2,3)4)7-8-18(14)26-27(24,25)16-12-17(21-13-16)19(23)22-9-5-6-10-22/h7-8,11-13,21H,5-6,9-10H2,1-4H3. The summed E-state index contributed by atoms with van der Waals surface area (Å²) in [5.74, 6) is 0.108. The first kappa shape index (κ1) is 19.5. The van der Waals surface area contributed by atoms with Crippen molar-refractivity contribution >= 4 is 16.0 Å². The van der Waals surface area contributed by atoms with E-state index in [0.29, 0.717) is 13.1 Å². The first-order chi connectivity index (χ1) is 12.6. The second kappa shape index (κ2) is 7.03. The Bertz CT molecular complexity index is 949. The number of carbonyl (C=O) groups is 1. The third kappa shape index (κ3) is 4.18. The van der Waals surface area contributed by atoms with Crippen LogP contribution in [0.15, 0.2) is 35.4 Å². The quantitative estimate of drug-likeness (QED) is 0.809. The molecule has 0 bridgehead atoms. The first-order valence-corrected chi connectivity index (χ1v) is 10.5. The highest BCUT2D eigenvalue weighted by Crippen LogP contribution is 2.29. The Morgan fingerprint density at radius 2 is 1.81 bits per heavy atom. The van der Waals surface area contributed by atoms with Gasteiger partial charge < -0.3 is 14.1 Å². The number of rotatable bonds is 4. The molecule has 2 heterocycles. The third-order valence-electron chi connectivity index (χ3n) is 4.81. The van der Waals surface area contributed by atoms with E-state index in [-0.39, 0.29) is 27.7 Å². The van der Waals surface area contributed by atoms with Gasteiger partial charge in [0.25, 0.3) is 5.91 Å². The van der Waals surface area contributed by atoms with Crippen molar-refractivity contribution in [3.05, 3.63) is 47.3 Å². The maximum atomic E-state index is 12.6. The monoisotopic (exact) mass is 390 g/mol. The van der Waals surface area contributed by atoms with Gasteiger partial charge in [-0.1, -0.05) is 32.9 Å². The lowest BCUT2D eigenvalue weighted by Crippen LogP contribution is -2.27. The summed E-state index contributed by atoms with van der Waals surface area (Å²) < 4.78 is 30.6. The molecule has 0 spiro atoms. The molecule has 146 valence electrons. The number of aromatic amines is 1. The van der Waals surface area contributed by atoms with Gasteiger partial charge in [0.2, 0.25) is 0 Å². The average Bonchev–Trinajstić information content (AvgIpc) is 3.27. The number of nitrogens with one attached hydrogen (secondary N) is 1. The van der Waals surface area contributed by atoms with Crippen LogP contribution in [0.5, 0.6) is 5.75 Å². The van der Waals surface area contributed by atoms with Crippen LogP contribution < -0.4 is 4.18 Å². The van der Waals surface area contributed by atoms with E-state index < -0.39 is 10.1 Å². The predicted molar refractivity (Wildman–Crippen MR) is 104 cm³/mol. The Morgan fingerprint density at radius 3 is 2.41 bits per heavy atom. The SMILES string of the molecule is Cc1cc(C(C)(C)C)ccc1OS(=O)(=O)c1c[nH]c(C(=O)N2CCCC2)c1. The molecule has 1 saturated heterocycles. The summed E-state index contributed by atoms with van der Waals surface area (Å²) in [5, 5.41) is 0. The molecule has 27 heavy (non-hydrogen) atoms. The van der Waals surface area contributed by atoms with Crippen LogP contribution in [-0.2, 0) is 15.5 Å². The number of aryl methyl sites for hydroxylation is 1. The van der Waals surface area contributed by atoms with Crippen molar-refractivity contribution < 1.29 is 17.4 Å². The molecule has 1 N–H and O–H groups in total. The van der Waals surface area contributed by atoms with Crippen LogP contribution in [0.2, 0.25) is 0 Å². The van der Waals surface area contributed by atoms with Crippen molar-refractivity contribution in [2.75, 3.05) is 13.1 Å². The minimum atomic E-state index is -4.02. The lowest BCUT2D eigenvalue weighted by atomic mass is 9.86. The fourth-order valence-corrected chi connectivity index (χ4v) is 4.09. The summed E-state index contributed by atoms with van der Waals surface area (Å²) in [6.07, 6.45) is 3.26. The Balaban J connectivity index is 1.80. The maximum Gasteiger partial charge on any atom is 0.340 e. The number of amides is 1. The van der Waals surface area contributed by atoms with E-state index in [1.165, 1.54) is 12.3 Å². The second-order valence-corrected chi connectivity index (χ2v) is 9.56. The number of aromatic nitrogens is 1. The zero-order valence-electron chi connectivity index (χ0n) is 16.2. The molecule has 7 heteroatoms. The van der Waals surface area contributed by atoms with E-state index in [9.17, 15) is 13.2 Å². The molecule has 0 radical (unpaired) electrons. The van der Waals surface area contributed by atoms with Gasteiger partial charge in [-0.3, -0.25) is 4.79 Å². The molecule has 0 unspecified atom stereocenters. The van der Waals surface area contributed by atoms with E-state index in [0.717, 1.165) is 24.0 Å². The van der Waals surface area contributed by atoms with Crippen LogP contribution in [0, 0.1) is 6.92 Å². The summed E-state index contributed by atoms with van der Waals surface area (Å²) >= 11 is 0. The Labute approximate surface area is 160 Å². The number of hydrogen-bond donors (Lipinski definition) is 1. The van der Waals surface area contributed by atoms with Crippen molar-refractivity contribution in [1.82, 2.24) is 9.88 Å². The summed E-state index contributed by atoms with van der Waals surface area (Å²) in [5.41, 5.74) is 2.08. The van der Waals surface area contributed by atoms with E-state index >= 15 is 0 Å². The minimum absolute atomic E-state index is 0.0341. The predicted octanol–water partition coefficient (Wildman–Crippen LogP) is 3.62. The number of nitrogens with zero attached hydrogens (tertiary/aromatic N) is 1. The van der Waals surface area contributed by atoms with Crippen molar-refractivity contribution in [2.45, 2.75) is 50.8 Å². The summed E-state index contributed by atoms with van der Waals surface area (Å²) in [6, 6.07) is 6.83. The zero-order chi connectivity index (χ0) is 19.8. The number of hydrogen-bond acceptors (Lipinski definition) is 4. The molecule has 2 aromatic rings. The lowest BCUT2D eigenvalue weighted by Gasteiger charge is -2.20. The van der Waals surface area contributed by atoms with Gasteiger partial charge in [-0.2, -0.15) is 8.42 Å². The topological polar surface area (TPSA) is 79.5 Å². The molecule has 0 saturated carbocycles. The van der Waals surface area contributed by atoms with Crippen LogP contribution in [0.1, 0.15) is 55.2 Å². The van der Waals surface area contributed by atoms with Gasteiger partial charge in [0, 0.05) is 19.3 Å². The highest BCUT2D eigenvalue weighted by Gasteiger charge is 2.25. The van der Waals surface area contributed by atoms with Gasteiger partial charge >= 0.3 is 10.1 Å². The van der Waals surface area contributed by atoms with Gasteiger partial charge in [-0.25, -0.2) is 0 Å². The molecule has 3 rings (SSSR count). The van der Waals surface area contributed by atoms with Crippen molar-refractivity contribution in [2.24, 2.45) is 0 Å². The van der Waals surface area contributed by atoms with Crippen LogP contribution in [0.25, 0.3) is 0 Å². The van der Waals surface area contributed by atoms with E-state index in [1.54, 1.807) is 11.0 Å². The van der Waals surface area contributed by atoms with Crippen LogP contribution in [0.4, 0.5) is 0 Å². The Morgan fingerprint density at radius 1 is 1.15 bits per heavy atom. The minimum Gasteiger partial charge on any atom is -0.379 e. The number of H-pyrrole nitrogens is 1. The van der Waals surface area contributed by atoms with Crippen LogP contribution in [-0.4, -0.2) is 37.3 Å². The van der Waals surface area contributed by atoms with Crippen molar-refractivity contribution in [1.29, 1.82) is 0 Å². The van der Waals surface area contributed by atoms with E-state index in [1.807, 2.05) is 19.1 Å². The highest BCUT2D eigenvalue weighted by atomic mass is 32.2. The largest absolute Gasteiger partial charge is 0.379 e. The molecular weight excluding hydrogens is 364 g/mol. The van der Waals surface area contributed by atoms with Gasteiger partial charge in [0.1, 0.15) is 16.3 Å².